The van der Waals surface area contributed by atoms with Crippen LogP contribution in [0.1, 0.15) is 0 Å². The van der Waals surface area contributed by atoms with Crippen LogP contribution in [0, 0.1) is 0 Å². The molecule has 2 nitrogen and oxygen atoms in total. The van der Waals surface area contributed by atoms with Gasteiger partial charge >= 0.3 is 0 Å². The zero-order chi connectivity index (χ0) is 8.39. The number of furan rings is 2. The van der Waals surface area contributed by atoms with Gasteiger partial charge in [-0.25, -0.2) is 0 Å². The summed E-state index contributed by atoms with van der Waals surface area (Å²) in [6, 6.07) is 7.76. The Labute approximate surface area is 71.9 Å². The van der Waals surface area contributed by atoms with Gasteiger partial charge in [-0.05, 0) is 30.9 Å². The van der Waals surface area contributed by atoms with Crippen molar-refractivity contribution in [2.24, 2.45) is 0 Å². The van der Waals surface area contributed by atoms with Gasteiger partial charge < -0.3 is 8.83 Å². The van der Waals surface area contributed by atoms with Gasteiger partial charge in [0.1, 0.15) is 11.0 Å². The minimum atomic E-state index is -0.430. The average molecular weight is 180 g/mol. The van der Waals surface area contributed by atoms with Gasteiger partial charge in [-0.2, -0.15) is 0 Å². The Balaban J connectivity index is 2.27. The first kappa shape index (κ1) is 7.63. The molecule has 0 bridgehead atoms. The standard InChI is InChI=1S/C9H9O2P/c1-12(8-4-2-6-10-8)9-5-3-7-11-9/h2-7H,1H3. The molecule has 0 saturated carbocycles. The minimum absolute atomic E-state index is 0.430. The second-order valence-corrected chi connectivity index (χ2v) is 4.46. The highest BCUT2D eigenvalue weighted by atomic mass is 31.1. The van der Waals surface area contributed by atoms with Crippen molar-refractivity contribution in [3.63, 3.8) is 0 Å². The van der Waals surface area contributed by atoms with Gasteiger partial charge in [0.05, 0.1) is 12.5 Å². The number of hydrogen-bond acceptors (Lipinski definition) is 2. The second-order valence-electron chi connectivity index (χ2n) is 2.46. The summed E-state index contributed by atoms with van der Waals surface area (Å²) in [6.07, 6.45) is 3.38. The predicted octanol–water partition coefficient (Wildman–Crippen LogP) is 1.94. The summed E-state index contributed by atoms with van der Waals surface area (Å²) in [4.78, 5) is 0. The highest BCUT2D eigenvalue weighted by Crippen LogP contribution is 2.28. The van der Waals surface area contributed by atoms with E-state index in [0.29, 0.717) is 0 Å². The molecule has 62 valence electrons. The third kappa shape index (κ3) is 1.30. The molecule has 0 unspecified atom stereocenters. The molecular weight excluding hydrogens is 171 g/mol. The third-order valence-electron chi connectivity index (χ3n) is 1.67. The van der Waals surface area contributed by atoms with Crippen LogP contribution in [-0.2, 0) is 0 Å². The monoisotopic (exact) mass is 180 g/mol. The van der Waals surface area contributed by atoms with Crippen molar-refractivity contribution >= 4 is 18.9 Å². The fourth-order valence-corrected chi connectivity index (χ4v) is 2.30. The van der Waals surface area contributed by atoms with Crippen molar-refractivity contribution in [3.05, 3.63) is 36.8 Å². The predicted molar refractivity (Wildman–Crippen MR) is 49.5 cm³/mol. The third-order valence-corrected chi connectivity index (χ3v) is 3.50. The molecule has 0 aliphatic heterocycles. The quantitative estimate of drug-likeness (QED) is 0.660. The number of rotatable bonds is 2. The summed E-state index contributed by atoms with van der Waals surface area (Å²) < 4.78 is 10.6. The molecule has 0 saturated heterocycles. The Bertz CT molecular complexity index is 289. The van der Waals surface area contributed by atoms with Crippen molar-refractivity contribution in [1.29, 1.82) is 0 Å². The molecule has 0 atom stereocenters. The maximum Gasteiger partial charge on any atom is 0.132 e. The molecule has 3 heteroatoms. The molecule has 2 rings (SSSR count). The molecule has 0 N–H and O–H groups in total. The smallest absolute Gasteiger partial charge is 0.132 e. The van der Waals surface area contributed by atoms with E-state index in [1.54, 1.807) is 12.5 Å². The zero-order valence-corrected chi connectivity index (χ0v) is 7.62. The fraction of sp³-hybridized carbons (Fsp3) is 0.111. The topological polar surface area (TPSA) is 26.3 Å². The van der Waals surface area contributed by atoms with Gasteiger partial charge in [-0.3, -0.25) is 0 Å². The maximum absolute atomic E-state index is 5.29. The van der Waals surface area contributed by atoms with Crippen LogP contribution >= 0.6 is 7.92 Å². The largest absolute Gasteiger partial charge is 0.464 e. The van der Waals surface area contributed by atoms with Crippen molar-refractivity contribution in [3.8, 4) is 0 Å². The Morgan fingerprint density at radius 2 is 1.50 bits per heavy atom. The van der Waals surface area contributed by atoms with E-state index in [1.807, 2.05) is 24.3 Å². The van der Waals surface area contributed by atoms with Crippen LogP contribution < -0.4 is 11.0 Å². The lowest BCUT2D eigenvalue weighted by Crippen LogP contribution is -2.05. The molecule has 2 aromatic heterocycles. The van der Waals surface area contributed by atoms with Crippen LogP contribution in [0.15, 0.2) is 45.6 Å². The Morgan fingerprint density at radius 3 is 1.83 bits per heavy atom. The molecular formula is C9H9O2P. The van der Waals surface area contributed by atoms with Crippen molar-refractivity contribution in [2.75, 3.05) is 6.66 Å². The van der Waals surface area contributed by atoms with E-state index in [9.17, 15) is 0 Å². The summed E-state index contributed by atoms with van der Waals surface area (Å²) in [5.41, 5.74) is 2.00. The summed E-state index contributed by atoms with van der Waals surface area (Å²) >= 11 is 0. The Hall–Kier alpha value is -1.01. The molecule has 0 aliphatic carbocycles. The average Bonchev–Trinajstić information content (AvgIpc) is 2.77. The van der Waals surface area contributed by atoms with E-state index in [1.165, 1.54) is 0 Å². The minimum Gasteiger partial charge on any atom is -0.464 e. The molecule has 0 fully saturated rings. The Kier molecular flexibility index (Phi) is 2.01. The van der Waals surface area contributed by atoms with E-state index in [-0.39, 0.29) is 0 Å². The van der Waals surface area contributed by atoms with Crippen LogP contribution in [0.4, 0.5) is 0 Å². The van der Waals surface area contributed by atoms with Gasteiger partial charge in [-0.1, -0.05) is 0 Å². The second kappa shape index (κ2) is 3.16. The van der Waals surface area contributed by atoms with Crippen LogP contribution in [0.2, 0.25) is 0 Å². The van der Waals surface area contributed by atoms with Crippen LogP contribution in [-0.4, -0.2) is 6.66 Å². The first-order valence-electron chi connectivity index (χ1n) is 3.68. The van der Waals surface area contributed by atoms with Gasteiger partial charge in [0.2, 0.25) is 0 Å². The zero-order valence-electron chi connectivity index (χ0n) is 6.73. The molecule has 0 spiro atoms. The van der Waals surface area contributed by atoms with E-state index in [2.05, 4.69) is 6.66 Å². The Morgan fingerprint density at radius 1 is 1.00 bits per heavy atom. The lowest BCUT2D eigenvalue weighted by molar-refractivity contribution is 0.593. The summed E-state index contributed by atoms with van der Waals surface area (Å²) in [6.45, 7) is 2.12. The molecule has 12 heavy (non-hydrogen) atoms. The number of hydrogen-bond donors (Lipinski definition) is 0. The highest BCUT2D eigenvalue weighted by molar-refractivity contribution is 7.71. The SMILES string of the molecule is CP(c1ccco1)c1ccco1. The molecule has 0 radical (unpaired) electrons. The first-order chi connectivity index (χ1) is 5.88. The van der Waals surface area contributed by atoms with Crippen LogP contribution in [0.5, 0.6) is 0 Å². The first-order valence-corrected chi connectivity index (χ1v) is 5.47. The van der Waals surface area contributed by atoms with Gasteiger partial charge in [0.25, 0.3) is 0 Å². The lowest BCUT2D eigenvalue weighted by Gasteiger charge is -2.03. The maximum atomic E-state index is 5.29. The van der Waals surface area contributed by atoms with E-state index < -0.39 is 7.92 Å². The van der Waals surface area contributed by atoms with Crippen LogP contribution in [0.3, 0.4) is 0 Å². The van der Waals surface area contributed by atoms with Crippen molar-refractivity contribution in [1.82, 2.24) is 0 Å². The van der Waals surface area contributed by atoms with Gasteiger partial charge in [0, 0.05) is 7.92 Å². The van der Waals surface area contributed by atoms with E-state index in [0.717, 1.165) is 11.0 Å². The summed E-state index contributed by atoms with van der Waals surface area (Å²) in [5, 5.41) is 0. The van der Waals surface area contributed by atoms with Crippen molar-refractivity contribution in [2.45, 2.75) is 0 Å². The molecule has 2 aromatic rings. The fourth-order valence-electron chi connectivity index (χ4n) is 1.03. The van der Waals surface area contributed by atoms with Crippen molar-refractivity contribution < 1.29 is 8.83 Å². The molecule has 0 aromatic carbocycles. The summed E-state index contributed by atoms with van der Waals surface area (Å²) in [7, 11) is -0.430. The highest BCUT2D eigenvalue weighted by Gasteiger charge is 2.12. The van der Waals surface area contributed by atoms with E-state index in [4.69, 9.17) is 8.83 Å². The molecule has 0 amide bonds. The molecule has 2 heterocycles. The van der Waals surface area contributed by atoms with E-state index >= 15 is 0 Å². The van der Waals surface area contributed by atoms with Crippen LogP contribution in [0.25, 0.3) is 0 Å². The van der Waals surface area contributed by atoms with Gasteiger partial charge in [0.15, 0.2) is 0 Å². The normalized spacial score (nSPS) is 10.8. The lowest BCUT2D eigenvalue weighted by atomic mass is 10.7. The summed E-state index contributed by atoms with van der Waals surface area (Å²) in [5.74, 6) is 0. The molecule has 0 aliphatic rings. The van der Waals surface area contributed by atoms with Gasteiger partial charge in [-0.15, -0.1) is 0 Å².